The number of nitrogens with zero attached hydrogens (tertiary/aromatic N) is 6. The van der Waals surface area contributed by atoms with Crippen molar-refractivity contribution in [1.29, 1.82) is 0 Å². The number of carboxylic acid groups (broad SMARTS) is 1. The summed E-state index contributed by atoms with van der Waals surface area (Å²) in [6.07, 6.45) is 3.39. The van der Waals surface area contributed by atoms with E-state index in [1.54, 1.807) is 31.5 Å². The number of carboxylic acids is 1. The Hall–Kier alpha value is -2.92. The van der Waals surface area contributed by atoms with Gasteiger partial charge in [0.1, 0.15) is 18.4 Å². The number of hydrogen-bond donors (Lipinski definition) is 2. The van der Waals surface area contributed by atoms with Crippen molar-refractivity contribution in [3.63, 3.8) is 0 Å². The normalized spacial score (nSPS) is 10.2. The van der Waals surface area contributed by atoms with Crippen molar-refractivity contribution in [2.75, 3.05) is 12.9 Å². The standard InChI is InChI=1S/C14H17N7OS.C2H4O2/c1-22-12-4-2-11(3-5-12)21-13(8-15)18-19-14(21)23-7-6-20-9-16-17-10-20;1-2(3)4/h2-5,9-10H,6-8,15H2,1H3;1H3,(H,3,4). The number of rotatable bonds is 7. The lowest BCUT2D eigenvalue weighted by Crippen LogP contribution is -2.08. The van der Waals surface area contributed by atoms with Crippen LogP contribution >= 0.6 is 11.8 Å². The second-order valence-electron chi connectivity index (χ2n) is 5.20. The van der Waals surface area contributed by atoms with Crippen molar-refractivity contribution < 1.29 is 14.6 Å². The third-order valence-electron chi connectivity index (χ3n) is 3.26. The summed E-state index contributed by atoms with van der Waals surface area (Å²) in [6, 6.07) is 7.73. The Labute approximate surface area is 160 Å². The number of aliphatic carboxylic acids is 1. The fraction of sp³-hybridized carbons (Fsp3) is 0.312. The Bertz CT molecular complexity index is 830. The molecule has 144 valence electrons. The molecule has 0 amide bonds. The Morgan fingerprint density at radius 3 is 2.41 bits per heavy atom. The van der Waals surface area contributed by atoms with E-state index in [0.717, 1.165) is 41.6 Å². The molecule has 3 aromatic rings. The maximum atomic E-state index is 9.00. The van der Waals surface area contributed by atoms with Crippen molar-refractivity contribution >= 4 is 17.7 Å². The van der Waals surface area contributed by atoms with Crippen LogP contribution in [0.15, 0.2) is 42.1 Å². The molecule has 27 heavy (non-hydrogen) atoms. The Balaban J connectivity index is 0.000000596. The summed E-state index contributed by atoms with van der Waals surface area (Å²) >= 11 is 1.61. The Kier molecular flexibility index (Phi) is 7.77. The number of aromatic nitrogens is 6. The van der Waals surface area contributed by atoms with E-state index in [4.69, 9.17) is 20.4 Å². The van der Waals surface area contributed by atoms with Gasteiger partial charge in [0.05, 0.1) is 13.7 Å². The number of ether oxygens (including phenoxy) is 1. The van der Waals surface area contributed by atoms with Crippen molar-refractivity contribution in [3.05, 3.63) is 42.7 Å². The Morgan fingerprint density at radius 1 is 1.22 bits per heavy atom. The summed E-state index contributed by atoms with van der Waals surface area (Å²) in [5.74, 6) is 1.52. The summed E-state index contributed by atoms with van der Waals surface area (Å²) < 4.78 is 9.08. The molecule has 0 saturated heterocycles. The van der Waals surface area contributed by atoms with Gasteiger partial charge in [-0.25, -0.2) is 0 Å². The lowest BCUT2D eigenvalue weighted by Gasteiger charge is -2.10. The maximum Gasteiger partial charge on any atom is 0.300 e. The minimum Gasteiger partial charge on any atom is -0.497 e. The predicted molar refractivity (Wildman–Crippen MR) is 99.9 cm³/mol. The van der Waals surface area contributed by atoms with Crippen LogP contribution < -0.4 is 10.5 Å². The van der Waals surface area contributed by atoms with Gasteiger partial charge in [0.2, 0.25) is 0 Å². The Morgan fingerprint density at radius 2 is 1.85 bits per heavy atom. The zero-order valence-corrected chi connectivity index (χ0v) is 15.8. The van der Waals surface area contributed by atoms with E-state index in [9.17, 15) is 0 Å². The number of carbonyl (C=O) groups is 1. The highest BCUT2D eigenvalue weighted by molar-refractivity contribution is 7.99. The summed E-state index contributed by atoms with van der Waals surface area (Å²) in [4.78, 5) is 9.00. The molecule has 10 nitrogen and oxygen atoms in total. The molecule has 0 fully saturated rings. The van der Waals surface area contributed by atoms with Gasteiger partial charge in [0, 0.05) is 24.9 Å². The molecule has 0 radical (unpaired) electrons. The van der Waals surface area contributed by atoms with Gasteiger partial charge in [-0.2, -0.15) is 0 Å². The number of aryl methyl sites for hydroxylation is 1. The molecular formula is C16H21N7O3S. The van der Waals surface area contributed by atoms with Crippen molar-refractivity contribution in [1.82, 2.24) is 29.5 Å². The average Bonchev–Trinajstić information content (AvgIpc) is 3.31. The molecule has 0 aliphatic rings. The van der Waals surface area contributed by atoms with E-state index in [1.807, 2.05) is 33.4 Å². The van der Waals surface area contributed by atoms with Crippen LogP contribution in [0.2, 0.25) is 0 Å². The number of thioether (sulfide) groups is 1. The second-order valence-corrected chi connectivity index (χ2v) is 6.27. The first-order valence-corrected chi connectivity index (χ1v) is 8.97. The highest BCUT2D eigenvalue weighted by Crippen LogP contribution is 2.23. The van der Waals surface area contributed by atoms with E-state index >= 15 is 0 Å². The van der Waals surface area contributed by atoms with Gasteiger partial charge in [-0.3, -0.25) is 9.36 Å². The SMILES string of the molecule is CC(=O)O.COc1ccc(-n2c(CN)nnc2SCCn2cnnc2)cc1. The minimum atomic E-state index is -0.833. The van der Waals surface area contributed by atoms with Crippen molar-refractivity contribution in [3.8, 4) is 11.4 Å². The van der Waals surface area contributed by atoms with Crippen LogP contribution in [0.4, 0.5) is 0 Å². The first kappa shape index (κ1) is 20.4. The number of methoxy groups -OCH3 is 1. The van der Waals surface area contributed by atoms with Crippen molar-refractivity contribution in [2.24, 2.45) is 5.73 Å². The molecule has 3 rings (SSSR count). The largest absolute Gasteiger partial charge is 0.497 e. The maximum absolute atomic E-state index is 9.00. The molecule has 2 heterocycles. The highest BCUT2D eigenvalue weighted by atomic mass is 32.2. The lowest BCUT2D eigenvalue weighted by atomic mass is 10.3. The smallest absolute Gasteiger partial charge is 0.300 e. The van der Waals surface area contributed by atoms with Gasteiger partial charge in [-0.05, 0) is 24.3 Å². The van der Waals surface area contributed by atoms with Crippen LogP contribution in [-0.2, 0) is 17.9 Å². The van der Waals surface area contributed by atoms with E-state index in [-0.39, 0.29) is 0 Å². The van der Waals surface area contributed by atoms with Gasteiger partial charge in [-0.1, -0.05) is 11.8 Å². The molecule has 0 unspecified atom stereocenters. The number of hydrogen-bond acceptors (Lipinski definition) is 8. The van der Waals surface area contributed by atoms with Crippen LogP contribution in [0.25, 0.3) is 5.69 Å². The molecule has 0 aliphatic carbocycles. The van der Waals surface area contributed by atoms with Crippen molar-refractivity contribution in [2.45, 2.75) is 25.2 Å². The molecule has 0 saturated carbocycles. The number of nitrogens with two attached hydrogens (primary N) is 1. The average molecular weight is 391 g/mol. The fourth-order valence-electron chi connectivity index (χ4n) is 2.10. The molecule has 2 aromatic heterocycles. The van der Waals surface area contributed by atoms with Gasteiger partial charge < -0.3 is 20.1 Å². The third kappa shape index (κ3) is 6.08. The van der Waals surface area contributed by atoms with E-state index in [0.29, 0.717) is 6.54 Å². The van der Waals surface area contributed by atoms with Crippen LogP contribution in [0.5, 0.6) is 5.75 Å². The molecule has 11 heteroatoms. The summed E-state index contributed by atoms with van der Waals surface area (Å²) in [5, 5.41) is 24.2. The zero-order valence-electron chi connectivity index (χ0n) is 15.0. The van der Waals surface area contributed by atoms with Crippen LogP contribution in [0, 0.1) is 0 Å². The topological polar surface area (TPSA) is 134 Å². The number of benzene rings is 1. The van der Waals surface area contributed by atoms with Crippen LogP contribution in [0.3, 0.4) is 0 Å². The lowest BCUT2D eigenvalue weighted by molar-refractivity contribution is -0.134. The molecule has 0 spiro atoms. The first-order valence-electron chi connectivity index (χ1n) is 7.98. The zero-order chi connectivity index (χ0) is 19.6. The molecule has 1 aromatic carbocycles. The van der Waals surface area contributed by atoms with E-state index in [1.165, 1.54) is 0 Å². The highest BCUT2D eigenvalue weighted by Gasteiger charge is 2.13. The van der Waals surface area contributed by atoms with Gasteiger partial charge in [-0.15, -0.1) is 20.4 Å². The summed E-state index contributed by atoms with van der Waals surface area (Å²) in [5.41, 5.74) is 6.75. The third-order valence-corrected chi connectivity index (χ3v) is 4.17. The summed E-state index contributed by atoms with van der Waals surface area (Å²) in [6.45, 7) is 2.20. The molecule has 3 N–H and O–H groups in total. The fourth-order valence-corrected chi connectivity index (χ4v) is 3.02. The second kappa shape index (κ2) is 10.3. The van der Waals surface area contributed by atoms with Gasteiger partial charge >= 0.3 is 0 Å². The van der Waals surface area contributed by atoms with Gasteiger partial charge in [0.25, 0.3) is 5.97 Å². The molecule has 0 atom stereocenters. The first-order chi connectivity index (χ1) is 13.0. The van der Waals surface area contributed by atoms with E-state index < -0.39 is 5.97 Å². The minimum absolute atomic E-state index is 0.324. The monoisotopic (exact) mass is 391 g/mol. The van der Waals surface area contributed by atoms with E-state index in [2.05, 4.69) is 20.4 Å². The molecule has 0 aliphatic heterocycles. The predicted octanol–water partition coefficient (Wildman–Crippen LogP) is 1.21. The quantitative estimate of drug-likeness (QED) is 0.570. The molecule has 0 bridgehead atoms. The summed E-state index contributed by atoms with van der Waals surface area (Å²) in [7, 11) is 1.64. The molecular weight excluding hydrogens is 370 g/mol. The van der Waals surface area contributed by atoms with Crippen LogP contribution in [0.1, 0.15) is 12.7 Å². The van der Waals surface area contributed by atoms with Crippen LogP contribution in [-0.4, -0.2) is 53.5 Å². The van der Waals surface area contributed by atoms with Gasteiger partial charge in [0.15, 0.2) is 11.0 Å².